The lowest BCUT2D eigenvalue weighted by molar-refractivity contribution is -0.0618. The number of hydrogen-bond donors (Lipinski definition) is 1. The molecule has 2 aliphatic rings. The van der Waals surface area contributed by atoms with Gasteiger partial charge in [-0.1, -0.05) is 19.3 Å². The van der Waals surface area contributed by atoms with Crippen molar-refractivity contribution in [1.29, 1.82) is 0 Å². The van der Waals surface area contributed by atoms with Crippen LogP contribution in [0.2, 0.25) is 0 Å². The van der Waals surface area contributed by atoms with Crippen molar-refractivity contribution in [1.82, 2.24) is 9.62 Å². The molecule has 1 saturated heterocycles. The van der Waals surface area contributed by atoms with Crippen LogP contribution in [0, 0.1) is 0 Å². The molecule has 0 radical (unpaired) electrons. The van der Waals surface area contributed by atoms with Gasteiger partial charge in [-0.3, -0.25) is 4.79 Å². The van der Waals surface area contributed by atoms with Gasteiger partial charge < -0.3 is 10.1 Å². The van der Waals surface area contributed by atoms with E-state index in [1.807, 2.05) is 13.8 Å². The SMILES string of the molecule is CC(C)N(C)S(=O)(=O)c1ccc(C(=O)NCC2CCC3(CCCCC3)O2)cc1. The summed E-state index contributed by atoms with van der Waals surface area (Å²) in [6.07, 6.45) is 8.19. The predicted octanol–water partition coefficient (Wildman–Crippen LogP) is 3.33. The topological polar surface area (TPSA) is 75.7 Å². The number of amides is 1. The highest BCUT2D eigenvalue weighted by atomic mass is 32.2. The molecule has 1 amide bonds. The quantitative estimate of drug-likeness (QED) is 0.783. The van der Waals surface area contributed by atoms with Crippen LogP contribution in [0.4, 0.5) is 0 Å². The lowest BCUT2D eigenvalue weighted by atomic mass is 9.83. The Morgan fingerprint density at radius 3 is 2.43 bits per heavy atom. The third-order valence-electron chi connectivity index (χ3n) is 6.11. The van der Waals surface area contributed by atoms with Gasteiger partial charge in [-0.15, -0.1) is 0 Å². The number of benzene rings is 1. The van der Waals surface area contributed by atoms with E-state index >= 15 is 0 Å². The van der Waals surface area contributed by atoms with Crippen LogP contribution < -0.4 is 5.32 Å². The molecular weight excluding hydrogens is 376 g/mol. The molecule has 0 bridgehead atoms. The van der Waals surface area contributed by atoms with Crippen LogP contribution >= 0.6 is 0 Å². The lowest BCUT2D eigenvalue weighted by Gasteiger charge is -2.33. The van der Waals surface area contributed by atoms with Crippen LogP contribution in [0.25, 0.3) is 0 Å². The standard InChI is InChI=1S/C21H32N2O4S/c1-16(2)23(3)28(25,26)19-9-7-17(8-10-19)20(24)22-15-18-11-14-21(27-18)12-5-4-6-13-21/h7-10,16,18H,4-6,11-15H2,1-3H3,(H,22,24). The van der Waals surface area contributed by atoms with E-state index in [1.54, 1.807) is 19.2 Å². The van der Waals surface area contributed by atoms with Crippen LogP contribution in [0.1, 0.15) is 69.2 Å². The van der Waals surface area contributed by atoms with Crippen molar-refractivity contribution in [3.8, 4) is 0 Å². The maximum absolute atomic E-state index is 12.5. The minimum absolute atomic E-state index is 0.0477. The van der Waals surface area contributed by atoms with E-state index in [2.05, 4.69) is 5.32 Å². The molecule has 7 heteroatoms. The fraction of sp³-hybridized carbons (Fsp3) is 0.667. The summed E-state index contributed by atoms with van der Waals surface area (Å²) < 4.78 is 32.6. The second-order valence-electron chi connectivity index (χ2n) is 8.37. The molecule has 1 aromatic carbocycles. The molecule has 2 fully saturated rings. The first-order valence-corrected chi connectivity index (χ1v) is 11.7. The van der Waals surface area contributed by atoms with Crippen LogP contribution in [0.15, 0.2) is 29.2 Å². The second kappa shape index (κ2) is 8.51. The van der Waals surface area contributed by atoms with Crippen molar-refractivity contribution < 1.29 is 17.9 Å². The van der Waals surface area contributed by atoms with Gasteiger partial charge in [0.05, 0.1) is 16.6 Å². The van der Waals surface area contributed by atoms with Gasteiger partial charge in [-0.2, -0.15) is 4.31 Å². The van der Waals surface area contributed by atoms with E-state index in [0.29, 0.717) is 12.1 Å². The first-order valence-electron chi connectivity index (χ1n) is 10.3. The first kappa shape index (κ1) is 21.3. The summed E-state index contributed by atoms with van der Waals surface area (Å²) in [6.45, 7) is 4.14. The van der Waals surface area contributed by atoms with Gasteiger partial charge in [0, 0.05) is 25.2 Å². The van der Waals surface area contributed by atoms with Gasteiger partial charge in [0.25, 0.3) is 5.91 Å². The zero-order valence-corrected chi connectivity index (χ0v) is 17.9. The fourth-order valence-corrected chi connectivity index (χ4v) is 5.50. The van der Waals surface area contributed by atoms with E-state index in [4.69, 9.17) is 4.74 Å². The van der Waals surface area contributed by atoms with Crippen molar-refractivity contribution in [2.24, 2.45) is 0 Å². The van der Waals surface area contributed by atoms with Crippen molar-refractivity contribution in [2.75, 3.05) is 13.6 Å². The average molecular weight is 409 g/mol. The smallest absolute Gasteiger partial charge is 0.251 e. The summed E-state index contributed by atoms with van der Waals surface area (Å²) in [7, 11) is -1.98. The number of nitrogens with zero attached hydrogens (tertiary/aromatic N) is 1. The summed E-state index contributed by atoms with van der Waals surface area (Å²) >= 11 is 0. The molecule has 1 N–H and O–H groups in total. The highest BCUT2D eigenvalue weighted by molar-refractivity contribution is 7.89. The van der Waals surface area contributed by atoms with Gasteiger partial charge >= 0.3 is 0 Å². The van der Waals surface area contributed by atoms with Gasteiger partial charge in [0.15, 0.2) is 0 Å². The average Bonchev–Trinajstić information content (AvgIpc) is 3.08. The minimum Gasteiger partial charge on any atom is -0.370 e. The van der Waals surface area contributed by atoms with Crippen molar-refractivity contribution >= 4 is 15.9 Å². The highest BCUT2D eigenvalue weighted by Gasteiger charge is 2.40. The number of carbonyl (C=O) groups is 1. The molecule has 1 heterocycles. The Kier molecular flexibility index (Phi) is 6.47. The largest absolute Gasteiger partial charge is 0.370 e. The van der Waals surface area contributed by atoms with Crippen LogP contribution in [-0.2, 0) is 14.8 Å². The zero-order chi connectivity index (χ0) is 20.4. The number of sulfonamides is 1. The number of hydrogen-bond acceptors (Lipinski definition) is 4. The number of nitrogens with one attached hydrogen (secondary N) is 1. The van der Waals surface area contributed by atoms with Crippen molar-refractivity contribution in [2.45, 2.75) is 81.4 Å². The molecule has 6 nitrogen and oxygen atoms in total. The lowest BCUT2D eigenvalue weighted by Crippen LogP contribution is -2.36. The molecule has 28 heavy (non-hydrogen) atoms. The van der Waals surface area contributed by atoms with Gasteiger partial charge in [0.2, 0.25) is 10.0 Å². The Labute approximate surface area is 168 Å². The predicted molar refractivity (Wildman–Crippen MR) is 109 cm³/mol. The minimum atomic E-state index is -3.54. The maximum atomic E-state index is 12.5. The van der Waals surface area contributed by atoms with E-state index < -0.39 is 10.0 Å². The van der Waals surface area contributed by atoms with Gasteiger partial charge in [-0.25, -0.2) is 8.42 Å². The number of rotatable bonds is 6. The zero-order valence-electron chi connectivity index (χ0n) is 17.1. The Bertz CT molecular complexity index is 783. The van der Waals surface area contributed by atoms with Crippen molar-refractivity contribution in [3.05, 3.63) is 29.8 Å². The summed E-state index contributed by atoms with van der Waals surface area (Å²) in [5.74, 6) is -0.200. The third-order valence-corrected chi connectivity index (χ3v) is 8.16. The first-order chi connectivity index (χ1) is 13.2. The van der Waals surface area contributed by atoms with Crippen LogP contribution in [0.5, 0.6) is 0 Å². The molecule has 1 aliphatic carbocycles. The normalized spacial score (nSPS) is 22.1. The molecule has 1 unspecified atom stereocenters. The van der Waals surface area contributed by atoms with E-state index in [1.165, 1.54) is 35.7 Å². The molecule has 3 rings (SSSR count). The molecule has 1 aliphatic heterocycles. The molecule has 1 aromatic rings. The van der Waals surface area contributed by atoms with E-state index in [9.17, 15) is 13.2 Å². The maximum Gasteiger partial charge on any atom is 0.251 e. The molecule has 0 aromatic heterocycles. The Balaban J connectivity index is 1.55. The van der Waals surface area contributed by atoms with Gasteiger partial charge in [-0.05, 0) is 63.8 Å². The van der Waals surface area contributed by atoms with Crippen LogP contribution in [0.3, 0.4) is 0 Å². The Morgan fingerprint density at radius 2 is 1.82 bits per heavy atom. The highest BCUT2D eigenvalue weighted by Crippen LogP contribution is 2.41. The summed E-state index contributed by atoms with van der Waals surface area (Å²) in [4.78, 5) is 12.6. The monoisotopic (exact) mass is 408 g/mol. The summed E-state index contributed by atoms with van der Waals surface area (Å²) in [6, 6.07) is 5.98. The van der Waals surface area contributed by atoms with E-state index in [-0.39, 0.29) is 28.5 Å². The third kappa shape index (κ3) is 4.58. The fourth-order valence-electron chi connectivity index (χ4n) is 4.13. The molecular formula is C21H32N2O4S. The Hall–Kier alpha value is -1.44. The number of ether oxygens (including phenoxy) is 1. The summed E-state index contributed by atoms with van der Waals surface area (Å²) in [5.41, 5.74) is 0.503. The van der Waals surface area contributed by atoms with Crippen molar-refractivity contribution in [3.63, 3.8) is 0 Å². The molecule has 1 atom stereocenters. The molecule has 1 saturated carbocycles. The second-order valence-corrected chi connectivity index (χ2v) is 10.4. The van der Waals surface area contributed by atoms with E-state index in [0.717, 1.165) is 25.7 Å². The summed E-state index contributed by atoms with van der Waals surface area (Å²) in [5, 5.41) is 2.94. The molecule has 1 spiro atoms. The van der Waals surface area contributed by atoms with Gasteiger partial charge in [0.1, 0.15) is 0 Å². The number of carbonyl (C=O) groups excluding carboxylic acids is 1. The van der Waals surface area contributed by atoms with Crippen LogP contribution in [-0.4, -0.2) is 50.0 Å². The molecule has 156 valence electrons. The Morgan fingerprint density at radius 1 is 1.18 bits per heavy atom.